The fourth-order valence-electron chi connectivity index (χ4n) is 2.31. The summed E-state index contributed by atoms with van der Waals surface area (Å²) in [5, 5.41) is 0. The number of benzene rings is 1. The van der Waals surface area contributed by atoms with E-state index in [1.165, 1.54) is 5.56 Å². The number of rotatable bonds is 2. The fourth-order valence-corrected chi connectivity index (χ4v) is 2.57. The van der Waals surface area contributed by atoms with Gasteiger partial charge in [0.15, 0.2) is 0 Å². The minimum Gasteiger partial charge on any atom is -0.380 e. The molecule has 0 radical (unpaired) electrons. The number of ether oxygens (including phenoxy) is 1. The van der Waals surface area contributed by atoms with Crippen molar-refractivity contribution in [3.8, 4) is 0 Å². The molecule has 0 N–H and O–H groups in total. The second-order valence-electron chi connectivity index (χ2n) is 4.51. The van der Waals surface area contributed by atoms with E-state index in [1.54, 1.807) is 7.11 Å². The van der Waals surface area contributed by atoms with Crippen LogP contribution in [0.3, 0.4) is 0 Å². The second kappa shape index (κ2) is 3.35. The third kappa shape index (κ3) is 1.51. The Morgan fingerprint density at radius 3 is 2.21 bits per heavy atom. The van der Waals surface area contributed by atoms with E-state index in [-0.39, 0.29) is 0 Å². The minimum atomic E-state index is 0.294. The van der Waals surface area contributed by atoms with Crippen molar-refractivity contribution in [2.75, 3.05) is 7.11 Å². The molecule has 14 heavy (non-hydrogen) atoms. The van der Waals surface area contributed by atoms with Crippen molar-refractivity contribution in [3.63, 3.8) is 0 Å². The molecule has 76 valence electrons. The predicted molar refractivity (Wildman–Crippen MR) is 61.5 cm³/mol. The Morgan fingerprint density at radius 1 is 1.21 bits per heavy atom. The van der Waals surface area contributed by atoms with E-state index in [2.05, 4.69) is 54.0 Å². The van der Waals surface area contributed by atoms with Crippen LogP contribution in [-0.4, -0.2) is 13.2 Å². The molecule has 0 bridgehead atoms. The van der Waals surface area contributed by atoms with Crippen molar-refractivity contribution in [1.29, 1.82) is 0 Å². The first-order valence-corrected chi connectivity index (χ1v) is 5.65. The topological polar surface area (TPSA) is 9.23 Å². The molecule has 1 nitrogen and oxygen atoms in total. The van der Waals surface area contributed by atoms with Gasteiger partial charge in [0.1, 0.15) is 0 Å². The van der Waals surface area contributed by atoms with Crippen molar-refractivity contribution in [1.82, 2.24) is 0 Å². The highest BCUT2D eigenvalue weighted by molar-refractivity contribution is 9.10. The monoisotopic (exact) mass is 254 g/mol. The van der Waals surface area contributed by atoms with Crippen LogP contribution in [0.2, 0.25) is 0 Å². The van der Waals surface area contributed by atoms with Gasteiger partial charge in [0.2, 0.25) is 0 Å². The van der Waals surface area contributed by atoms with E-state index >= 15 is 0 Å². The second-order valence-corrected chi connectivity index (χ2v) is 5.42. The molecular formula is C12H15BrO. The van der Waals surface area contributed by atoms with Gasteiger partial charge in [0.05, 0.1) is 6.10 Å². The first-order valence-electron chi connectivity index (χ1n) is 4.85. The summed E-state index contributed by atoms with van der Waals surface area (Å²) in [5.41, 5.74) is 1.67. The smallest absolute Gasteiger partial charge is 0.0703 e. The number of methoxy groups -OCH3 is 1. The minimum absolute atomic E-state index is 0.294. The first kappa shape index (κ1) is 10.2. The maximum absolute atomic E-state index is 5.46. The van der Waals surface area contributed by atoms with Crippen LogP contribution in [0.4, 0.5) is 0 Å². The Hall–Kier alpha value is -0.340. The van der Waals surface area contributed by atoms with E-state index in [1.807, 2.05) is 0 Å². The fraction of sp³-hybridized carbons (Fsp3) is 0.500. The highest BCUT2D eigenvalue weighted by atomic mass is 79.9. The quantitative estimate of drug-likeness (QED) is 0.784. The molecule has 2 unspecified atom stereocenters. The zero-order valence-corrected chi connectivity index (χ0v) is 10.3. The molecule has 0 aromatic heterocycles. The van der Waals surface area contributed by atoms with Gasteiger partial charge in [-0.2, -0.15) is 0 Å². The molecular weight excluding hydrogens is 240 g/mol. The molecule has 2 atom stereocenters. The van der Waals surface area contributed by atoms with E-state index in [0.717, 1.165) is 4.47 Å². The van der Waals surface area contributed by atoms with Gasteiger partial charge in [-0.3, -0.25) is 0 Å². The zero-order valence-electron chi connectivity index (χ0n) is 8.75. The van der Waals surface area contributed by atoms with Gasteiger partial charge in [-0.05, 0) is 17.7 Å². The molecule has 2 rings (SSSR count). The average Bonchev–Trinajstić information content (AvgIpc) is 2.69. The number of halogens is 1. The lowest BCUT2D eigenvalue weighted by Gasteiger charge is -2.01. The summed E-state index contributed by atoms with van der Waals surface area (Å²) in [6.45, 7) is 4.52. The van der Waals surface area contributed by atoms with Crippen molar-refractivity contribution < 1.29 is 4.74 Å². The van der Waals surface area contributed by atoms with Gasteiger partial charge in [0.25, 0.3) is 0 Å². The molecule has 0 amide bonds. The lowest BCUT2D eigenvalue weighted by atomic mass is 10.0. The Kier molecular flexibility index (Phi) is 2.44. The summed E-state index contributed by atoms with van der Waals surface area (Å²) in [6.07, 6.45) is 0.378. The maximum atomic E-state index is 5.46. The Bertz CT molecular complexity index is 329. The van der Waals surface area contributed by atoms with E-state index < -0.39 is 0 Å². The molecule has 1 aromatic rings. The molecule has 0 spiro atoms. The molecule has 2 heteroatoms. The van der Waals surface area contributed by atoms with Gasteiger partial charge in [-0.25, -0.2) is 0 Å². The van der Waals surface area contributed by atoms with Crippen molar-refractivity contribution >= 4 is 15.9 Å². The summed E-state index contributed by atoms with van der Waals surface area (Å²) in [5.74, 6) is 0.556. The van der Waals surface area contributed by atoms with Crippen LogP contribution in [-0.2, 0) is 4.74 Å². The number of hydrogen-bond donors (Lipinski definition) is 0. The Labute approximate surface area is 93.6 Å². The van der Waals surface area contributed by atoms with Crippen molar-refractivity contribution in [3.05, 3.63) is 34.3 Å². The zero-order chi connectivity index (χ0) is 10.3. The predicted octanol–water partition coefficient (Wildman–Crippen LogP) is 3.59. The molecule has 1 aliphatic rings. The summed E-state index contributed by atoms with van der Waals surface area (Å²) in [7, 11) is 1.80. The van der Waals surface area contributed by atoms with Crippen molar-refractivity contribution in [2.24, 2.45) is 5.41 Å². The Morgan fingerprint density at radius 2 is 1.79 bits per heavy atom. The normalized spacial score (nSPS) is 28.9. The standard InChI is InChI=1S/C12H15BrO/c1-12(2)10(11(12)14-3)8-4-6-9(13)7-5-8/h4-7,10-11H,1-3H3. The molecule has 1 saturated carbocycles. The van der Waals surface area contributed by atoms with Gasteiger partial charge in [0, 0.05) is 22.9 Å². The molecule has 1 aromatic carbocycles. The molecule has 0 saturated heterocycles. The number of hydrogen-bond acceptors (Lipinski definition) is 1. The first-order chi connectivity index (χ1) is 6.57. The van der Waals surface area contributed by atoms with Gasteiger partial charge in [-0.15, -0.1) is 0 Å². The van der Waals surface area contributed by atoms with Crippen LogP contribution in [0.1, 0.15) is 25.3 Å². The lowest BCUT2D eigenvalue weighted by Crippen LogP contribution is -1.96. The van der Waals surface area contributed by atoms with E-state index in [9.17, 15) is 0 Å². The van der Waals surface area contributed by atoms with E-state index in [0.29, 0.717) is 17.4 Å². The van der Waals surface area contributed by atoms with Crippen LogP contribution >= 0.6 is 15.9 Å². The third-order valence-electron chi connectivity index (χ3n) is 3.21. The average molecular weight is 255 g/mol. The molecule has 1 fully saturated rings. The summed E-state index contributed by atoms with van der Waals surface area (Å²) < 4.78 is 6.59. The molecule has 0 aliphatic heterocycles. The van der Waals surface area contributed by atoms with Crippen LogP contribution in [0.25, 0.3) is 0 Å². The van der Waals surface area contributed by atoms with Crippen LogP contribution < -0.4 is 0 Å². The maximum Gasteiger partial charge on any atom is 0.0703 e. The summed E-state index contributed by atoms with van der Waals surface area (Å²) >= 11 is 3.44. The van der Waals surface area contributed by atoms with Crippen LogP contribution in [0.15, 0.2) is 28.7 Å². The van der Waals surface area contributed by atoms with Crippen LogP contribution in [0.5, 0.6) is 0 Å². The molecule has 0 heterocycles. The van der Waals surface area contributed by atoms with Gasteiger partial charge in [-0.1, -0.05) is 41.9 Å². The lowest BCUT2D eigenvalue weighted by molar-refractivity contribution is 0.151. The van der Waals surface area contributed by atoms with Gasteiger partial charge >= 0.3 is 0 Å². The van der Waals surface area contributed by atoms with Gasteiger partial charge < -0.3 is 4.74 Å². The highest BCUT2D eigenvalue weighted by Crippen LogP contribution is 2.60. The Balaban J connectivity index is 2.22. The largest absolute Gasteiger partial charge is 0.380 e. The summed E-state index contributed by atoms with van der Waals surface area (Å²) in [6, 6.07) is 8.54. The highest BCUT2D eigenvalue weighted by Gasteiger charge is 2.59. The summed E-state index contributed by atoms with van der Waals surface area (Å²) in [4.78, 5) is 0. The third-order valence-corrected chi connectivity index (χ3v) is 3.74. The van der Waals surface area contributed by atoms with Crippen molar-refractivity contribution in [2.45, 2.75) is 25.9 Å². The SMILES string of the molecule is COC1C(c2ccc(Br)cc2)C1(C)C. The van der Waals surface area contributed by atoms with E-state index in [4.69, 9.17) is 4.74 Å². The molecule has 1 aliphatic carbocycles. The van der Waals surface area contributed by atoms with Crippen LogP contribution in [0, 0.1) is 5.41 Å².